The lowest BCUT2D eigenvalue weighted by Gasteiger charge is -2.26. The summed E-state index contributed by atoms with van der Waals surface area (Å²) in [5.74, 6) is 0.990. The lowest BCUT2D eigenvalue weighted by Crippen LogP contribution is -2.45. The fraction of sp³-hybridized carbons (Fsp3) is 0.579. The number of nitrogens with zero attached hydrogens (tertiary/aromatic N) is 3. The smallest absolute Gasteiger partial charge is 0.317 e. The molecule has 2 saturated heterocycles. The number of nitrogens with one attached hydrogen (secondary N) is 2. The summed E-state index contributed by atoms with van der Waals surface area (Å²) in [6.07, 6.45) is 5.35. The number of aryl methyl sites for hydroxylation is 1. The molecule has 2 N–H and O–H groups in total. The van der Waals surface area contributed by atoms with E-state index in [4.69, 9.17) is 0 Å². The van der Waals surface area contributed by atoms with Crippen molar-refractivity contribution in [2.45, 2.75) is 44.2 Å². The standard InChI is InChI=1S/C19H27N5O/c1-23-14-8-9-15(23)13-24(12-10-14)19(25)20-11-4-7-18-21-16-5-2-3-6-17(16)22-18/h2-3,5-6,14-15H,4,7-13H2,1H3,(H,20,25)(H,21,22)/t14-,15-/m0/s1. The van der Waals surface area contributed by atoms with E-state index in [1.807, 2.05) is 29.2 Å². The summed E-state index contributed by atoms with van der Waals surface area (Å²) in [5.41, 5.74) is 2.08. The summed E-state index contributed by atoms with van der Waals surface area (Å²) in [6, 6.07) is 9.35. The number of fused-ring (bicyclic) bond motifs is 3. The van der Waals surface area contributed by atoms with E-state index in [9.17, 15) is 4.79 Å². The first-order valence-corrected chi connectivity index (χ1v) is 9.39. The highest BCUT2D eigenvalue weighted by Gasteiger charge is 2.35. The highest BCUT2D eigenvalue weighted by atomic mass is 16.2. The van der Waals surface area contributed by atoms with E-state index in [2.05, 4.69) is 27.2 Å². The van der Waals surface area contributed by atoms with Crippen LogP contribution in [-0.4, -0.2) is 64.6 Å². The normalized spacial score (nSPS) is 23.8. The minimum absolute atomic E-state index is 0.0885. The van der Waals surface area contributed by atoms with Gasteiger partial charge in [0, 0.05) is 38.1 Å². The Labute approximate surface area is 148 Å². The highest BCUT2D eigenvalue weighted by molar-refractivity contribution is 5.75. The Hall–Kier alpha value is -2.08. The van der Waals surface area contributed by atoms with E-state index in [-0.39, 0.29) is 6.03 Å². The molecule has 4 rings (SSSR count). The lowest BCUT2D eigenvalue weighted by molar-refractivity contribution is 0.188. The Bertz CT molecular complexity index is 709. The molecule has 2 aromatic rings. The maximum atomic E-state index is 12.5. The first-order chi connectivity index (χ1) is 12.2. The molecular weight excluding hydrogens is 314 g/mol. The summed E-state index contributed by atoms with van der Waals surface area (Å²) in [6.45, 7) is 2.43. The van der Waals surface area contributed by atoms with E-state index in [0.29, 0.717) is 18.6 Å². The third kappa shape index (κ3) is 3.49. The molecule has 0 aliphatic carbocycles. The Balaban J connectivity index is 1.23. The van der Waals surface area contributed by atoms with Gasteiger partial charge in [0.15, 0.2) is 0 Å². The van der Waals surface area contributed by atoms with Crippen molar-refractivity contribution >= 4 is 17.1 Å². The van der Waals surface area contributed by atoms with E-state index in [1.54, 1.807) is 0 Å². The minimum Gasteiger partial charge on any atom is -0.342 e. The second-order valence-corrected chi connectivity index (χ2v) is 7.32. The van der Waals surface area contributed by atoms with Gasteiger partial charge in [0.05, 0.1) is 11.0 Å². The van der Waals surface area contributed by atoms with Crippen molar-refractivity contribution in [1.29, 1.82) is 0 Å². The first-order valence-electron chi connectivity index (χ1n) is 9.39. The number of benzene rings is 1. The first kappa shape index (κ1) is 16.4. The number of amides is 2. The SMILES string of the molecule is CN1[C@H]2CC[C@H]1CN(C(=O)NCCCc1nc3ccccc3[nH]1)CC2. The van der Waals surface area contributed by atoms with Gasteiger partial charge in [-0.15, -0.1) is 0 Å². The predicted molar refractivity (Wildman–Crippen MR) is 98.6 cm³/mol. The third-order valence-corrected chi connectivity index (χ3v) is 5.74. The summed E-state index contributed by atoms with van der Waals surface area (Å²) in [5, 5.41) is 3.09. The zero-order chi connectivity index (χ0) is 17.2. The Morgan fingerprint density at radius 1 is 1.28 bits per heavy atom. The molecule has 1 aromatic heterocycles. The van der Waals surface area contributed by atoms with Gasteiger partial charge in [-0.2, -0.15) is 0 Å². The van der Waals surface area contributed by atoms with Gasteiger partial charge in [-0.1, -0.05) is 12.1 Å². The number of H-pyrrole nitrogens is 1. The van der Waals surface area contributed by atoms with Crippen molar-refractivity contribution < 1.29 is 4.79 Å². The van der Waals surface area contributed by atoms with Crippen LogP contribution in [0.3, 0.4) is 0 Å². The Morgan fingerprint density at radius 3 is 3.00 bits per heavy atom. The van der Waals surface area contributed by atoms with Crippen molar-refractivity contribution in [3.8, 4) is 0 Å². The number of hydrogen-bond acceptors (Lipinski definition) is 3. The molecule has 0 saturated carbocycles. The topological polar surface area (TPSA) is 64.3 Å². The van der Waals surface area contributed by atoms with Crippen LogP contribution in [0, 0.1) is 0 Å². The monoisotopic (exact) mass is 341 g/mol. The van der Waals surface area contributed by atoms with Crippen LogP contribution in [0.2, 0.25) is 0 Å². The second kappa shape index (κ2) is 7.04. The Morgan fingerprint density at radius 2 is 2.12 bits per heavy atom. The van der Waals surface area contributed by atoms with Crippen LogP contribution < -0.4 is 5.32 Å². The molecule has 134 valence electrons. The molecule has 2 atom stereocenters. The maximum Gasteiger partial charge on any atom is 0.317 e. The van der Waals surface area contributed by atoms with E-state index in [1.165, 1.54) is 12.8 Å². The number of rotatable bonds is 4. The molecule has 1 aromatic carbocycles. The zero-order valence-electron chi connectivity index (χ0n) is 14.9. The van der Waals surface area contributed by atoms with Crippen LogP contribution in [0.5, 0.6) is 0 Å². The second-order valence-electron chi connectivity index (χ2n) is 7.32. The number of para-hydroxylation sites is 2. The molecule has 2 aliphatic heterocycles. The average Bonchev–Trinajstić information content (AvgIpc) is 3.11. The molecule has 2 aliphatic rings. The number of aromatic nitrogens is 2. The van der Waals surface area contributed by atoms with E-state index >= 15 is 0 Å². The number of aromatic amines is 1. The van der Waals surface area contributed by atoms with Crippen molar-refractivity contribution in [3.63, 3.8) is 0 Å². The van der Waals surface area contributed by atoms with Crippen molar-refractivity contribution in [1.82, 2.24) is 25.1 Å². The van der Waals surface area contributed by atoms with Gasteiger partial charge in [-0.25, -0.2) is 9.78 Å². The number of carbonyl (C=O) groups excluding carboxylic acids is 1. The predicted octanol–water partition coefficient (Wildman–Crippen LogP) is 2.37. The van der Waals surface area contributed by atoms with Gasteiger partial charge in [0.2, 0.25) is 0 Å². The zero-order valence-corrected chi connectivity index (χ0v) is 14.9. The van der Waals surface area contributed by atoms with Crippen LogP contribution in [-0.2, 0) is 6.42 Å². The molecule has 25 heavy (non-hydrogen) atoms. The summed E-state index contributed by atoms with van der Waals surface area (Å²) >= 11 is 0. The largest absolute Gasteiger partial charge is 0.342 e. The summed E-state index contributed by atoms with van der Waals surface area (Å²) < 4.78 is 0. The molecule has 0 radical (unpaired) electrons. The molecule has 2 amide bonds. The molecule has 3 heterocycles. The van der Waals surface area contributed by atoms with Crippen molar-refractivity contribution in [2.75, 3.05) is 26.7 Å². The number of likely N-dealkylation sites (N-methyl/N-ethyl adjacent to an activating group) is 1. The fourth-order valence-corrected chi connectivity index (χ4v) is 4.18. The van der Waals surface area contributed by atoms with Crippen molar-refractivity contribution in [3.05, 3.63) is 30.1 Å². The van der Waals surface area contributed by atoms with Gasteiger partial charge < -0.3 is 15.2 Å². The molecule has 6 nitrogen and oxygen atoms in total. The third-order valence-electron chi connectivity index (χ3n) is 5.74. The molecule has 0 unspecified atom stereocenters. The van der Waals surface area contributed by atoms with Gasteiger partial charge in [-0.05, 0) is 44.9 Å². The van der Waals surface area contributed by atoms with Crippen molar-refractivity contribution in [2.24, 2.45) is 0 Å². The van der Waals surface area contributed by atoms with Crippen LogP contribution >= 0.6 is 0 Å². The van der Waals surface area contributed by atoms with Crippen LogP contribution in [0.15, 0.2) is 24.3 Å². The molecule has 0 spiro atoms. The van der Waals surface area contributed by atoms with Crippen LogP contribution in [0.4, 0.5) is 4.79 Å². The van der Waals surface area contributed by atoms with Gasteiger partial charge >= 0.3 is 6.03 Å². The molecular formula is C19H27N5O. The van der Waals surface area contributed by atoms with Gasteiger partial charge in [0.1, 0.15) is 5.82 Å². The van der Waals surface area contributed by atoms with Crippen LogP contribution in [0.1, 0.15) is 31.5 Å². The average molecular weight is 341 g/mol. The fourth-order valence-electron chi connectivity index (χ4n) is 4.18. The number of carbonyl (C=O) groups is 1. The summed E-state index contributed by atoms with van der Waals surface area (Å²) in [7, 11) is 2.21. The number of likely N-dealkylation sites (tertiary alicyclic amines) is 1. The Kier molecular flexibility index (Phi) is 4.61. The number of imidazole rings is 1. The highest BCUT2D eigenvalue weighted by Crippen LogP contribution is 2.28. The summed E-state index contributed by atoms with van der Waals surface area (Å²) in [4.78, 5) is 24.8. The maximum absolute atomic E-state index is 12.5. The molecule has 2 fully saturated rings. The molecule has 2 bridgehead atoms. The molecule has 6 heteroatoms. The quantitative estimate of drug-likeness (QED) is 0.839. The number of hydrogen-bond donors (Lipinski definition) is 2. The minimum atomic E-state index is 0.0885. The number of urea groups is 1. The van der Waals surface area contributed by atoms with Crippen LogP contribution in [0.25, 0.3) is 11.0 Å². The van der Waals surface area contributed by atoms with E-state index < -0.39 is 0 Å². The van der Waals surface area contributed by atoms with E-state index in [0.717, 1.165) is 49.2 Å². The van der Waals surface area contributed by atoms with Gasteiger partial charge in [-0.3, -0.25) is 4.90 Å². The lowest BCUT2D eigenvalue weighted by atomic mass is 10.1. The van der Waals surface area contributed by atoms with Gasteiger partial charge in [0.25, 0.3) is 0 Å².